The number of hydrogen-bond acceptors (Lipinski definition) is 5. The summed E-state index contributed by atoms with van der Waals surface area (Å²) in [7, 11) is 0. The standard InChI is InChI=1S/C15H17N3OS2/c1-8-6-20-7-11(8)4-16-5-12-17-14(19)13-9(2)10(3)21-15(13)18-12/h6-7,16H,4-5H2,1-3H3,(H,17,18,19). The van der Waals surface area contributed by atoms with Crippen molar-refractivity contribution in [2.45, 2.75) is 33.9 Å². The van der Waals surface area contributed by atoms with Crippen molar-refractivity contribution in [2.24, 2.45) is 0 Å². The maximum absolute atomic E-state index is 12.2. The van der Waals surface area contributed by atoms with Crippen molar-refractivity contribution in [2.75, 3.05) is 0 Å². The summed E-state index contributed by atoms with van der Waals surface area (Å²) in [4.78, 5) is 21.6. The lowest BCUT2D eigenvalue weighted by atomic mass is 10.2. The molecule has 4 nitrogen and oxygen atoms in total. The molecule has 110 valence electrons. The van der Waals surface area contributed by atoms with Crippen LogP contribution in [-0.4, -0.2) is 9.97 Å². The molecule has 0 radical (unpaired) electrons. The molecule has 3 heterocycles. The number of nitrogens with zero attached hydrogens (tertiary/aromatic N) is 1. The molecule has 0 amide bonds. The molecule has 0 aromatic carbocycles. The van der Waals surface area contributed by atoms with Crippen molar-refractivity contribution in [3.8, 4) is 0 Å². The normalized spacial score (nSPS) is 11.4. The molecular formula is C15H17N3OS2. The Morgan fingerprint density at radius 3 is 2.76 bits per heavy atom. The third-order valence-electron chi connectivity index (χ3n) is 3.66. The first-order valence-electron chi connectivity index (χ1n) is 6.77. The van der Waals surface area contributed by atoms with Gasteiger partial charge in [0.05, 0.1) is 11.9 Å². The van der Waals surface area contributed by atoms with E-state index in [1.165, 1.54) is 11.1 Å². The zero-order chi connectivity index (χ0) is 15.0. The highest BCUT2D eigenvalue weighted by molar-refractivity contribution is 7.18. The predicted molar refractivity (Wildman–Crippen MR) is 89.3 cm³/mol. The molecule has 2 N–H and O–H groups in total. The van der Waals surface area contributed by atoms with E-state index >= 15 is 0 Å². The molecular weight excluding hydrogens is 302 g/mol. The number of thiophene rings is 2. The van der Waals surface area contributed by atoms with E-state index in [0.29, 0.717) is 12.4 Å². The molecule has 3 aromatic heterocycles. The molecule has 0 fully saturated rings. The fourth-order valence-electron chi connectivity index (χ4n) is 2.27. The van der Waals surface area contributed by atoms with Crippen LogP contribution in [0.3, 0.4) is 0 Å². The Hall–Kier alpha value is -1.50. The predicted octanol–water partition coefficient (Wildman–Crippen LogP) is 3.26. The van der Waals surface area contributed by atoms with Gasteiger partial charge in [0, 0.05) is 11.4 Å². The molecule has 0 aliphatic rings. The molecule has 0 bridgehead atoms. The average Bonchev–Trinajstić information content (AvgIpc) is 2.95. The van der Waals surface area contributed by atoms with E-state index in [4.69, 9.17) is 0 Å². The molecule has 0 saturated carbocycles. The van der Waals surface area contributed by atoms with E-state index in [-0.39, 0.29) is 5.56 Å². The summed E-state index contributed by atoms with van der Waals surface area (Å²) in [5.41, 5.74) is 3.60. The number of aromatic nitrogens is 2. The molecule has 0 atom stereocenters. The van der Waals surface area contributed by atoms with Gasteiger partial charge in [-0.1, -0.05) is 0 Å². The van der Waals surface area contributed by atoms with Gasteiger partial charge in [0.1, 0.15) is 10.7 Å². The summed E-state index contributed by atoms with van der Waals surface area (Å²) < 4.78 is 0. The first kappa shape index (κ1) is 14.4. The molecule has 6 heteroatoms. The van der Waals surface area contributed by atoms with Crippen LogP contribution in [0, 0.1) is 20.8 Å². The topological polar surface area (TPSA) is 57.8 Å². The van der Waals surface area contributed by atoms with Crippen LogP contribution >= 0.6 is 22.7 Å². The average molecular weight is 319 g/mol. The van der Waals surface area contributed by atoms with Gasteiger partial charge >= 0.3 is 0 Å². The van der Waals surface area contributed by atoms with Gasteiger partial charge in [-0.2, -0.15) is 11.3 Å². The van der Waals surface area contributed by atoms with Crippen molar-refractivity contribution >= 4 is 32.9 Å². The van der Waals surface area contributed by atoms with Crippen LogP contribution in [0.1, 0.15) is 27.4 Å². The number of H-pyrrole nitrogens is 1. The first-order valence-corrected chi connectivity index (χ1v) is 8.53. The Balaban J connectivity index is 1.79. The van der Waals surface area contributed by atoms with Gasteiger partial charge in [-0.05, 0) is 48.2 Å². The molecule has 3 rings (SSSR count). The fraction of sp³-hybridized carbons (Fsp3) is 0.333. The summed E-state index contributed by atoms with van der Waals surface area (Å²) in [5.74, 6) is 0.696. The van der Waals surface area contributed by atoms with Crippen LogP contribution in [0.2, 0.25) is 0 Å². The molecule has 0 unspecified atom stereocenters. The zero-order valence-corrected chi connectivity index (χ0v) is 13.9. The summed E-state index contributed by atoms with van der Waals surface area (Å²) in [6.07, 6.45) is 0. The van der Waals surface area contributed by atoms with E-state index in [0.717, 1.165) is 27.2 Å². The van der Waals surface area contributed by atoms with E-state index in [9.17, 15) is 4.79 Å². The van der Waals surface area contributed by atoms with Crippen LogP contribution < -0.4 is 10.9 Å². The Bertz CT molecular complexity index is 844. The third kappa shape index (κ3) is 2.79. The quantitative estimate of drug-likeness (QED) is 0.776. The number of nitrogens with one attached hydrogen (secondary N) is 2. The second-order valence-electron chi connectivity index (χ2n) is 5.16. The number of hydrogen-bond donors (Lipinski definition) is 2. The summed E-state index contributed by atoms with van der Waals surface area (Å²) >= 11 is 3.29. The van der Waals surface area contributed by atoms with E-state index < -0.39 is 0 Å². The van der Waals surface area contributed by atoms with E-state index in [2.05, 4.69) is 33.0 Å². The second kappa shape index (κ2) is 5.71. The van der Waals surface area contributed by atoms with Gasteiger partial charge in [0.2, 0.25) is 0 Å². The minimum atomic E-state index is -0.0367. The van der Waals surface area contributed by atoms with Crippen LogP contribution in [0.4, 0.5) is 0 Å². The van der Waals surface area contributed by atoms with Crippen LogP contribution in [0.5, 0.6) is 0 Å². The molecule has 0 saturated heterocycles. The van der Waals surface area contributed by atoms with Gasteiger partial charge in [0.25, 0.3) is 5.56 Å². The number of rotatable bonds is 4. The maximum atomic E-state index is 12.2. The van der Waals surface area contributed by atoms with Crippen molar-refractivity contribution in [3.63, 3.8) is 0 Å². The number of fused-ring (bicyclic) bond motifs is 1. The number of aromatic amines is 1. The first-order chi connectivity index (χ1) is 10.1. The zero-order valence-electron chi connectivity index (χ0n) is 12.2. The lowest BCUT2D eigenvalue weighted by molar-refractivity contribution is 0.663. The third-order valence-corrected chi connectivity index (χ3v) is 5.67. The van der Waals surface area contributed by atoms with Gasteiger partial charge in [-0.15, -0.1) is 11.3 Å². The van der Waals surface area contributed by atoms with Crippen LogP contribution in [0.15, 0.2) is 15.6 Å². The SMILES string of the molecule is Cc1cscc1CNCc1nc2sc(C)c(C)c2c(=O)[nH]1. The van der Waals surface area contributed by atoms with Crippen molar-refractivity contribution in [1.29, 1.82) is 0 Å². The summed E-state index contributed by atoms with van der Waals surface area (Å²) in [5, 5.41) is 8.35. The van der Waals surface area contributed by atoms with E-state index in [1.54, 1.807) is 22.7 Å². The molecule has 3 aromatic rings. The van der Waals surface area contributed by atoms with Crippen molar-refractivity contribution < 1.29 is 0 Å². The summed E-state index contributed by atoms with van der Waals surface area (Å²) in [6.45, 7) is 7.47. The second-order valence-corrected chi connectivity index (χ2v) is 7.11. The van der Waals surface area contributed by atoms with Crippen molar-refractivity contribution in [3.05, 3.63) is 48.5 Å². The molecule has 21 heavy (non-hydrogen) atoms. The fourth-order valence-corrected chi connectivity index (χ4v) is 4.17. The van der Waals surface area contributed by atoms with Gasteiger partial charge < -0.3 is 10.3 Å². The highest BCUT2D eigenvalue weighted by Crippen LogP contribution is 2.25. The Morgan fingerprint density at radius 2 is 2.05 bits per heavy atom. The van der Waals surface area contributed by atoms with Gasteiger partial charge in [0.15, 0.2) is 0 Å². The van der Waals surface area contributed by atoms with Crippen LogP contribution in [-0.2, 0) is 13.1 Å². The Morgan fingerprint density at radius 1 is 1.24 bits per heavy atom. The number of aryl methyl sites for hydroxylation is 3. The molecule has 0 aliphatic carbocycles. The van der Waals surface area contributed by atoms with E-state index in [1.807, 2.05) is 13.8 Å². The minimum absolute atomic E-state index is 0.0367. The van der Waals surface area contributed by atoms with Gasteiger partial charge in [-0.25, -0.2) is 4.98 Å². The summed E-state index contributed by atoms with van der Waals surface area (Å²) in [6, 6.07) is 0. The van der Waals surface area contributed by atoms with Crippen molar-refractivity contribution in [1.82, 2.24) is 15.3 Å². The Labute approximate surface area is 130 Å². The van der Waals surface area contributed by atoms with Gasteiger partial charge in [-0.3, -0.25) is 4.79 Å². The monoisotopic (exact) mass is 319 g/mol. The van der Waals surface area contributed by atoms with Crippen LogP contribution in [0.25, 0.3) is 10.2 Å². The lowest BCUT2D eigenvalue weighted by Gasteiger charge is -2.04. The molecule has 0 spiro atoms. The maximum Gasteiger partial charge on any atom is 0.259 e. The Kier molecular flexibility index (Phi) is 3.93. The minimum Gasteiger partial charge on any atom is -0.309 e. The lowest BCUT2D eigenvalue weighted by Crippen LogP contribution is -2.19. The smallest absolute Gasteiger partial charge is 0.259 e. The highest BCUT2D eigenvalue weighted by Gasteiger charge is 2.11. The highest BCUT2D eigenvalue weighted by atomic mass is 32.1. The largest absolute Gasteiger partial charge is 0.309 e. The molecule has 0 aliphatic heterocycles.